The molecule has 19 heavy (non-hydrogen) atoms. The second-order valence-electron chi connectivity index (χ2n) is 3.74. The first kappa shape index (κ1) is 14.2. The Hall–Kier alpha value is -1.18. The maximum Gasteiger partial charge on any atom is 0.262 e. The second-order valence-corrected chi connectivity index (χ2v) is 5.53. The minimum Gasteiger partial charge on any atom is -0.369 e. The number of fused-ring (bicyclic) bond motifs is 1. The number of H-pyrrole nitrogens is 1. The molecule has 98 valence electrons. The monoisotopic (exact) mass is 401 g/mol. The first-order chi connectivity index (χ1) is 8.66. The zero-order valence-corrected chi connectivity index (χ0v) is 13.6. The lowest BCUT2D eigenvalue weighted by Crippen LogP contribution is -2.09. The Labute approximate surface area is 131 Å². The van der Waals surface area contributed by atoms with Gasteiger partial charge in [0.15, 0.2) is 0 Å². The van der Waals surface area contributed by atoms with Crippen molar-refractivity contribution in [3.63, 3.8) is 0 Å². The van der Waals surface area contributed by atoms with E-state index in [1.807, 2.05) is 30.3 Å². The van der Waals surface area contributed by atoms with Crippen molar-refractivity contribution < 1.29 is 0 Å². The third-order valence-corrected chi connectivity index (χ3v) is 4.75. The van der Waals surface area contributed by atoms with Crippen LogP contribution in [0, 0.1) is 0 Å². The van der Waals surface area contributed by atoms with Gasteiger partial charge in [-0.15, -0.1) is 28.3 Å². The summed E-state index contributed by atoms with van der Waals surface area (Å²) < 4.78 is 0.766. The summed E-state index contributed by atoms with van der Waals surface area (Å²) >= 11 is 4.92. The molecule has 0 saturated heterocycles. The molecule has 3 aromatic rings. The molecule has 0 atom stereocenters. The predicted octanol–water partition coefficient (Wildman–Crippen LogP) is 3.57. The molecule has 3 rings (SSSR count). The zero-order chi connectivity index (χ0) is 12.7. The number of aromatic amines is 1. The molecule has 0 saturated carbocycles. The van der Waals surface area contributed by atoms with Crippen molar-refractivity contribution in [3.05, 3.63) is 45.2 Å². The number of halogens is 2. The fourth-order valence-electron chi connectivity index (χ4n) is 1.77. The standard InChI is InChI=1S/C12H8BrN3OS.BrH/c13-8-7-10(17)15-12(14)16-11(7)18-9(8)6-4-2-1-3-5-6;/h1-5H,(H3,14,15,16,17);1H. The summed E-state index contributed by atoms with van der Waals surface area (Å²) in [5.41, 5.74) is 6.37. The van der Waals surface area contributed by atoms with E-state index >= 15 is 0 Å². The molecule has 0 aliphatic rings. The van der Waals surface area contributed by atoms with Gasteiger partial charge in [-0.25, -0.2) is 4.98 Å². The molecule has 0 bridgehead atoms. The topological polar surface area (TPSA) is 71.8 Å². The smallest absolute Gasteiger partial charge is 0.262 e. The number of nitrogens with one attached hydrogen (secondary N) is 1. The molecule has 0 radical (unpaired) electrons. The average Bonchev–Trinajstić information content (AvgIpc) is 2.67. The molecule has 0 aliphatic carbocycles. The van der Waals surface area contributed by atoms with Crippen LogP contribution in [0.3, 0.4) is 0 Å². The van der Waals surface area contributed by atoms with Crippen LogP contribution in [0.1, 0.15) is 0 Å². The van der Waals surface area contributed by atoms with E-state index in [1.54, 1.807) is 0 Å². The predicted molar refractivity (Wildman–Crippen MR) is 88.1 cm³/mol. The van der Waals surface area contributed by atoms with E-state index in [9.17, 15) is 4.79 Å². The van der Waals surface area contributed by atoms with Crippen molar-refractivity contribution in [2.24, 2.45) is 0 Å². The van der Waals surface area contributed by atoms with Crippen molar-refractivity contribution in [2.45, 2.75) is 0 Å². The molecule has 0 fully saturated rings. The second kappa shape index (κ2) is 5.44. The highest BCUT2D eigenvalue weighted by Gasteiger charge is 2.15. The normalized spacial score (nSPS) is 10.4. The highest BCUT2D eigenvalue weighted by molar-refractivity contribution is 9.10. The summed E-state index contributed by atoms with van der Waals surface area (Å²) in [6.07, 6.45) is 0. The fourth-order valence-corrected chi connectivity index (χ4v) is 3.82. The van der Waals surface area contributed by atoms with Crippen molar-refractivity contribution in [1.82, 2.24) is 9.97 Å². The number of thiophene rings is 1. The summed E-state index contributed by atoms with van der Waals surface area (Å²) in [6, 6.07) is 9.85. The number of hydrogen-bond donors (Lipinski definition) is 2. The first-order valence-electron chi connectivity index (χ1n) is 5.20. The molecule has 4 nitrogen and oxygen atoms in total. The van der Waals surface area contributed by atoms with E-state index in [0.29, 0.717) is 10.2 Å². The molecular formula is C12H9Br2N3OS. The van der Waals surface area contributed by atoms with E-state index in [1.165, 1.54) is 11.3 Å². The SMILES string of the molecule is Br.Nc1nc2sc(-c3ccccc3)c(Br)c2c(=O)[nH]1. The van der Waals surface area contributed by atoms with Gasteiger partial charge in [0.25, 0.3) is 5.56 Å². The number of aromatic nitrogens is 2. The summed E-state index contributed by atoms with van der Waals surface area (Å²) in [5, 5.41) is 0.549. The Morgan fingerprint density at radius 2 is 1.95 bits per heavy atom. The Morgan fingerprint density at radius 1 is 1.26 bits per heavy atom. The minimum atomic E-state index is -0.220. The van der Waals surface area contributed by atoms with Crippen LogP contribution in [0.4, 0.5) is 5.95 Å². The van der Waals surface area contributed by atoms with Gasteiger partial charge in [-0.2, -0.15) is 0 Å². The number of nitrogen functional groups attached to an aromatic ring is 1. The van der Waals surface area contributed by atoms with E-state index < -0.39 is 0 Å². The van der Waals surface area contributed by atoms with Crippen LogP contribution in [-0.2, 0) is 0 Å². The lowest BCUT2D eigenvalue weighted by atomic mass is 10.2. The van der Waals surface area contributed by atoms with Gasteiger partial charge in [-0.3, -0.25) is 9.78 Å². The highest BCUT2D eigenvalue weighted by atomic mass is 79.9. The van der Waals surface area contributed by atoms with Crippen LogP contribution < -0.4 is 11.3 Å². The number of nitrogens with zero attached hydrogens (tertiary/aromatic N) is 1. The van der Waals surface area contributed by atoms with Gasteiger partial charge in [-0.1, -0.05) is 30.3 Å². The summed E-state index contributed by atoms with van der Waals surface area (Å²) in [4.78, 5) is 20.1. The highest BCUT2D eigenvalue weighted by Crippen LogP contribution is 2.39. The van der Waals surface area contributed by atoms with Crippen molar-refractivity contribution in [3.8, 4) is 10.4 Å². The van der Waals surface area contributed by atoms with E-state index in [4.69, 9.17) is 5.73 Å². The lowest BCUT2D eigenvalue weighted by Gasteiger charge is -1.96. The van der Waals surface area contributed by atoms with Crippen LogP contribution in [0.25, 0.3) is 20.7 Å². The van der Waals surface area contributed by atoms with Crippen LogP contribution in [0.5, 0.6) is 0 Å². The van der Waals surface area contributed by atoms with Crippen molar-refractivity contribution in [2.75, 3.05) is 5.73 Å². The molecule has 2 heterocycles. The maximum absolute atomic E-state index is 11.9. The first-order valence-corrected chi connectivity index (χ1v) is 6.81. The third kappa shape index (κ3) is 2.45. The fraction of sp³-hybridized carbons (Fsp3) is 0. The molecule has 0 amide bonds. The third-order valence-electron chi connectivity index (χ3n) is 2.56. The Morgan fingerprint density at radius 3 is 2.63 bits per heavy atom. The summed E-state index contributed by atoms with van der Waals surface area (Å²) in [6.45, 7) is 0. The van der Waals surface area contributed by atoms with Crippen LogP contribution in [0.2, 0.25) is 0 Å². The van der Waals surface area contributed by atoms with Gasteiger partial charge >= 0.3 is 0 Å². The number of anilines is 1. The van der Waals surface area contributed by atoms with Gasteiger partial charge in [0.2, 0.25) is 5.95 Å². The van der Waals surface area contributed by atoms with Crippen molar-refractivity contribution in [1.29, 1.82) is 0 Å². The summed E-state index contributed by atoms with van der Waals surface area (Å²) in [5.74, 6) is 0.140. The van der Waals surface area contributed by atoms with Gasteiger partial charge in [-0.05, 0) is 21.5 Å². The van der Waals surface area contributed by atoms with E-state index in [0.717, 1.165) is 14.9 Å². The lowest BCUT2D eigenvalue weighted by molar-refractivity contribution is 1.20. The molecule has 7 heteroatoms. The quantitative estimate of drug-likeness (QED) is 0.653. The number of benzene rings is 1. The van der Waals surface area contributed by atoms with Gasteiger partial charge in [0, 0.05) is 0 Å². The average molecular weight is 403 g/mol. The molecule has 2 aromatic heterocycles. The molecule has 0 spiro atoms. The molecular weight excluding hydrogens is 394 g/mol. The Bertz CT molecular complexity index is 783. The number of rotatable bonds is 1. The van der Waals surface area contributed by atoms with E-state index in [2.05, 4.69) is 25.9 Å². The van der Waals surface area contributed by atoms with Gasteiger partial charge in [0.1, 0.15) is 4.83 Å². The molecule has 3 N–H and O–H groups in total. The van der Waals surface area contributed by atoms with Crippen LogP contribution in [-0.4, -0.2) is 9.97 Å². The van der Waals surface area contributed by atoms with Gasteiger partial charge < -0.3 is 5.73 Å². The number of hydrogen-bond acceptors (Lipinski definition) is 4. The minimum absolute atomic E-state index is 0. The van der Waals surface area contributed by atoms with Crippen LogP contribution >= 0.6 is 44.2 Å². The largest absolute Gasteiger partial charge is 0.369 e. The Kier molecular flexibility index (Phi) is 4.07. The number of nitrogens with two attached hydrogens (primary N) is 1. The maximum atomic E-state index is 11.9. The molecule has 1 aromatic carbocycles. The molecule has 0 unspecified atom stereocenters. The van der Waals surface area contributed by atoms with Gasteiger partial charge in [0.05, 0.1) is 14.7 Å². The van der Waals surface area contributed by atoms with Crippen molar-refractivity contribution >= 4 is 60.4 Å². The van der Waals surface area contributed by atoms with Crippen LogP contribution in [0.15, 0.2) is 39.6 Å². The van der Waals surface area contributed by atoms with E-state index in [-0.39, 0.29) is 28.5 Å². The Balaban J connectivity index is 0.00000133. The zero-order valence-electron chi connectivity index (χ0n) is 9.51. The summed E-state index contributed by atoms with van der Waals surface area (Å²) in [7, 11) is 0. The molecule has 0 aliphatic heterocycles.